The van der Waals surface area contributed by atoms with Crippen molar-refractivity contribution in [2.75, 3.05) is 23.8 Å². The summed E-state index contributed by atoms with van der Waals surface area (Å²) in [5.41, 5.74) is 2.50. The first-order valence-electron chi connectivity index (χ1n) is 10.9. The highest BCUT2D eigenvalue weighted by Crippen LogP contribution is 2.26. The number of thiophene rings is 1. The summed E-state index contributed by atoms with van der Waals surface area (Å²) in [6.45, 7) is 1.09. The number of aliphatic hydroxyl groups is 1. The molecule has 0 saturated heterocycles. The molecule has 1 fully saturated rings. The van der Waals surface area contributed by atoms with Crippen molar-refractivity contribution < 1.29 is 9.84 Å². The summed E-state index contributed by atoms with van der Waals surface area (Å²) in [7, 11) is 0. The van der Waals surface area contributed by atoms with Gasteiger partial charge in [0.2, 0.25) is 5.95 Å². The van der Waals surface area contributed by atoms with Gasteiger partial charge >= 0.3 is 0 Å². The summed E-state index contributed by atoms with van der Waals surface area (Å²) >= 11 is 1.63. The van der Waals surface area contributed by atoms with E-state index in [1.807, 2.05) is 46.3 Å². The van der Waals surface area contributed by atoms with Crippen LogP contribution in [0.2, 0.25) is 0 Å². The molecule has 8 nitrogen and oxygen atoms in total. The molecule has 166 valence electrons. The average molecular weight is 451 g/mol. The molecule has 3 aromatic heterocycles. The molecule has 9 heteroatoms. The van der Waals surface area contributed by atoms with E-state index in [9.17, 15) is 5.11 Å². The number of fused-ring (bicyclic) bond motifs is 1. The number of ether oxygens (including phenoxy) is 1. The summed E-state index contributed by atoms with van der Waals surface area (Å²) < 4.78 is 7.78. The lowest BCUT2D eigenvalue weighted by atomic mass is 9.93. The highest BCUT2D eigenvalue weighted by Gasteiger charge is 2.21. The zero-order valence-corrected chi connectivity index (χ0v) is 18.5. The molecule has 0 aliphatic heterocycles. The third-order valence-corrected chi connectivity index (χ3v) is 6.29. The van der Waals surface area contributed by atoms with Crippen LogP contribution >= 0.6 is 11.3 Å². The van der Waals surface area contributed by atoms with Gasteiger partial charge in [-0.15, -0.1) is 0 Å². The first-order chi connectivity index (χ1) is 15.8. The Kier molecular flexibility index (Phi) is 6.17. The summed E-state index contributed by atoms with van der Waals surface area (Å²) in [4.78, 5) is 14.1. The van der Waals surface area contributed by atoms with Crippen LogP contribution in [0.5, 0.6) is 5.75 Å². The fourth-order valence-corrected chi connectivity index (χ4v) is 4.56. The first-order valence-corrected chi connectivity index (χ1v) is 11.8. The number of aromatic nitrogens is 4. The highest BCUT2D eigenvalue weighted by atomic mass is 32.1. The number of nitrogens with one attached hydrogen (secondary N) is 2. The zero-order valence-electron chi connectivity index (χ0n) is 17.6. The van der Waals surface area contributed by atoms with E-state index in [-0.39, 0.29) is 12.1 Å². The van der Waals surface area contributed by atoms with Gasteiger partial charge in [-0.25, -0.2) is 4.98 Å². The summed E-state index contributed by atoms with van der Waals surface area (Å²) in [6, 6.07) is 12.1. The molecule has 0 amide bonds. The Morgan fingerprint density at radius 2 is 1.94 bits per heavy atom. The number of benzene rings is 1. The van der Waals surface area contributed by atoms with Crippen LogP contribution in [-0.4, -0.2) is 49.9 Å². The predicted molar refractivity (Wildman–Crippen MR) is 127 cm³/mol. The maximum Gasteiger partial charge on any atom is 0.227 e. The molecule has 1 aliphatic rings. The number of hydrogen-bond acceptors (Lipinski definition) is 8. The Labute approximate surface area is 190 Å². The van der Waals surface area contributed by atoms with E-state index in [0.29, 0.717) is 24.9 Å². The monoisotopic (exact) mass is 450 g/mol. The molecule has 5 rings (SSSR count). The van der Waals surface area contributed by atoms with Crippen molar-refractivity contribution in [3.63, 3.8) is 0 Å². The van der Waals surface area contributed by atoms with Crippen LogP contribution in [0.1, 0.15) is 25.7 Å². The van der Waals surface area contributed by atoms with Crippen LogP contribution in [0.15, 0.2) is 53.5 Å². The van der Waals surface area contributed by atoms with Crippen molar-refractivity contribution in [2.45, 2.75) is 37.8 Å². The second kappa shape index (κ2) is 9.54. The molecule has 3 heterocycles. The smallest absolute Gasteiger partial charge is 0.227 e. The van der Waals surface area contributed by atoms with E-state index in [2.05, 4.69) is 21.0 Å². The van der Waals surface area contributed by atoms with Crippen LogP contribution in [0.25, 0.3) is 16.9 Å². The van der Waals surface area contributed by atoms with Crippen LogP contribution < -0.4 is 15.4 Å². The van der Waals surface area contributed by atoms with Gasteiger partial charge in [-0.3, -0.25) is 4.57 Å². The van der Waals surface area contributed by atoms with Crippen LogP contribution in [-0.2, 0) is 0 Å². The van der Waals surface area contributed by atoms with E-state index in [1.165, 1.54) is 0 Å². The lowest BCUT2D eigenvalue weighted by Crippen LogP contribution is -2.29. The van der Waals surface area contributed by atoms with Gasteiger partial charge in [0.25, 0.3) is 0 Å². The van der Waals surface area contributed by atoms with Crippen molar-refractivity contribution in [3.8, 4) is 11.4 Å². The number of imidazole rings is 1. The van der Waals surface area contributed by atoms with E-state index < -0.39 is 0 Å². The molecular weight excluding hydrogens is 424 g/mol. The summed E-state index contributed by atoms with van der Waals surface area (Å²) in [5, 5.41) is 20.8. The van der Waals surface area contributed by atoms with Gasteiger partial charge in [-0.2, -0.15) is 21.3 Å². The zero-order chi connectivity index (χ0) is 21.8. The van der Waals surface area contributed by atoms with Crippen LogP contribution in [0, 0.1) is 0 Å². The second-order valence-corrected chi connectivity index (χ2v) is 8.68. The first kappa shape index (κ1) is 20.7. The van der Waals surface area contributed by atoms with Crippen molar-refractivity contribution in [2.24, 2.45) is 0 Å². The van der Waals surface area contributed by atoms with Crippen molar-refractivity contribution in [1.82, 2.24) is 19.5 Å². The molecule has 4 aromatic rings. The molecule has 1 aliphatic carbocycles. The van der Waals surface area contributed by atoms with Crippen molar-refractivity contribution in [3.05, 3.63) is 53.5 Å². The largest absolute Gasteiger partial charge is 0.492 e. The summed E-state index contributed by atoms with van der Waals surface area (Å²) in [5.74, 6) is 2.09. The number of rotatable bonds is 8. The molecule has 32 heavy (non-hydrogen) atoms. The van der Waals surface area contributed by atoms with Crippen LogP contribution in [0.3, 0.4) is 0 Å². The predicted octanol–water partition coefficient (Wildman–Crippen LogP) is 4.08. The summed E-state index contributed by atoms with van der Waals surface area (Å²) in [6.07, 6.45) is 5.00. The molecule has 0 atom stereocenters. The minimum atomic E-state index is -0.196. The third kappa shape index (κ3) is 4.68. The van der Waals surface area contributed by atoms with Gasteiger partial charge < -0.3 is 20.5 Å². The van der Waals surface area contributed by atoms with E-state index in [0.717, 1.165) is 48.3 Å². The molecule has 0 radical (unpaired) electrons. The molecule has 0 spiro atoms. The Bertz CT molecular complexity index is 1140. The van der Waals surface area contributed by atoms with E-state index in [1.54, 1.807) is 17.7 Å². The molecule has 0 bridgehead atoms. The topological polar surface area (TPSA) is 97.1 Å². The number of nitrogens with zero attached hydrogens (tertiary/aromatic N) is 4. The van der Waals surface area contributed by atoms with E-state index in [4.69, 9.17) is 14.7 Å². The lowest BCUT2D eigenvalue weighted by Gasteiger charge is -2.26. The van der Waals surface area contributed by atoms with Gasteiger partial charge in [0.1, 0.15) is 18.7 Å². The standard InChI is InChI=1S/C23H26N6O2S/c30-18-8-6-16(7-9-18)26-23-27-21(24-11-12-31-19-4-2-1-3-5-19)20-22(28-23)29(15-25-20)17-10-13-32-14-17/h1-5,10,13-16,18,30H,6-9,11-12H2,(H2,24,26,27,28). The molecule has 0 unspecified atom stereocenters. The molecule has 1 aromatic carbocycles. The SMILES string of the molecule is OC1CCC(Nc2nc(NCCOc3ccccc3)c3ncn(-c4ccsc4)c3n2)CC1. The quantitative estimate of drug-likeness (QED) is 0.348. The third-order valence-electron chi connectivity index (χ3n) is 5.62. The molecule has 3 N–H and O–H groups in total. The molecule has 1 saturated carbocycles. The van der Waals surface area contributed by atoms with Crippen molar-refractivity contribution in [1.29, 1.82) is 0 Å². The van der Waals surface area contributed by atoms with Gasteiger partial charge in [0, 0.05) is 11.4 Å². The minimum absolute atomic E-state index is 0.196. The number of anilines is 2. The number of aliphatic hydroxyl groups excluding tert-OH is 1. The second-order valence-electron chi connectivity index (χ2n) is 7.90. The number of hydrogen-bond donors (Lipinski definition) is 3. The minimum Gasteiger partial charge on any atom is -0.492 e. The average Bonchev–Trinajstić information content (AvgIpc) is 3.49. The van der Waals surface area contributed by atoms with Gasteiger partial charge in [0.05, 0.1) is 18.3 Å². The van der Waals surface area contributed by atoms with Gasteiger partial charge in [-0.05, 0) is 49.3 Å². The Morgan fingerprint density at radius 3 is 2.72 bits per heavy atom. The van der Waals surface area contributed by atoms with Gasteiger partial charge in [-0.1, -0.05) is 18.2 Å². The Morgan fingerprint density at radius 1 is 1.09 bits per heavy atom. The number of para-hydroxylation sites is 1. The Balaban J connectivity index is 1.37. The maximum atomic E-state index is 9.80. The maximum absolute atomic E-state index is 9.80. The molecular formula is C23H26N6O2S. The normalized spacial score (nSPS) is 18.5. The fourth-order valence-electron chi connectivity index (χ4n) is 3.93. The van der Waals surface area contributed by atoms with E-state index >= 15 is 0 Å². The fraction of sp³-hybridized carbons (Fsp3) is 0.348. The van der Waals surface area contributed by atoms with Crippen molar-refractivity contribution >= 4 is 34.3 Å². The Hall–Kier alpha value is -3.17. The lowest BCUT2D eigenvalue weighted by molar-refractivity contribution is 0.126. The highest BCUT2D eigenvalue weighted by molar-refractivity contribution is 7.08. The van der Waals surface area contributed by atoms with Crippen LogP contribution in [0.4, 0.5) is 11.8 Å². The van der Waals surface area contributed by atoms with Gasteiger partial charge in [0.15, 0.2) is 17.0 Å².